The third kappa shape index (κ3) is 2.99. The summed E-state index contributed by atoms with van der Waals surface area (Å²) in [6.07, 6.45) is 2.79. The number of hydrogen-bond acceptors (Lipinski definition) is 3. The van der Waals surface area contributed by atoms with Gasteiger partial charge < -0.3 is 15.2 Å². The molecule has 0 aromatic heterocycles. The lowest BCUT2D eigenvalue weighted by Crippen LogP contribution is -2.48. The molecular formula is C15H19NO4. The van der Waals surface area contributed by atoms with Crippen molar-refractivity contribution in [2.45, 2.75) is 25.8 Å². The lowest BCUT2D eigenvalue weighted by Gasteiger charge is -2.39. The SMILES string of the molecule is COCC1(C(=O)NCc2ccc(C(=O)O)cc2)CCC1. The number of ether oxygens (including phenoxy) is 1. The highest BCUT2D eigenvalue weighted by Crippen LogP contribution is 2.41. The highest BCUT2D eigenvalue weighted by Gasteiger charge is 2.43. The van der Waals surface area contributed by atoms with Crippen LogP contribution in [-0.2, 0) is 16.1 Å². The topological polar surface area (TPSA) is 75.6 Å². The van der Waals surface area contributed by atoms with Crippen LogP contribution < -0.4 is 5.32 Å². The Morgan fingerprint density at radius 2 is 1.95 bits per heavy atom. The van der Waals surface area contributed by atoms with Gasteiger partial charge in [-0.2, -0.15) is 0 Å². The number of methoxy groups -OCH3 is 1. The first kappa shape index (κ1) is 14.5. The van der Waals surface area contributed by atoms with Gasteiger partial charge in [0, 0.05) is 13.7 Å². The van der Waals surface area contributed by atoms with E-state index in [-0.39, 0.29) is 16.9 Å². The maximum absolute atomic E-state index is 12.2. The zero-order valence-corrected chi connectivity index (χ0v) is 11.5. The first-order valence-corrected chi connectivity index (χ1v) is 6.67. The minimum atomic E-state index is -0.950. The number of rotatable bonds is 6. The van der Waals surface area contributed by atoms with Crippen molar-refractivity contribution in [3.8, 4) is 0 Å². The number of aromatic carboxylic acids is 1. The van der Waals surface area contributed by atoms with E-state index >= 15 is 0 Å². The minimum absolute atomic E-state index is 0.0212. The third-order valence-corrected chi connectivity index (χ3v) is 3.87. The molecule has 1 aliphatic rings. The predicted molar refractivity (Wildman–Crippen MR) is 73.4 cm³/mol. The van der Waals surface area contributed by atoms with Crippen molar-refractivity contribution in [1.82, 2.24) is 5.32 Å². The van der Waals surface area contributed by atoms with Gasteiger partial charge in [-0.3, -0.25) is 4.79 Å². The number of benzene rings is 1. The molecule has 0 atom stereocenters. The molecule has 0 heterocycles. The molecule has 5 nitrogen and oxygen atoms in total. The molecule has 2 N–H and O–H groups in total. The molecule has 1 aromatic rings. The lowest BCUT2D eigenvalue weighted by molar-refractivity contribution is -0.140. The van der Waals surface area contributed by atoms with Gasteiger partial charge in [0.25, 0.3) is 0 Å². The summed E-state index contributed by atoms with van der Waals surface area (Å²) in [7, 11) is 1.61. The molecule has 0 spiro atoms. The Kier molecular flexibility index (Phi) is 4.39. The number of carbonyl (C=O) groups is 2. The Hall–Kier alpha value is -1.88. The average Bonchev–Trinajstić information content (AvgIpc) is 2.40. The average molecular weight is 277 g/mol. The molecule has 1 amide bonds. The van der Waals surface area contributed by atoms with Crippen LogP contribution in [0.1, 0.15) is 35.2 Å². The zero-order valence-electron chi connectivity index (χ0n) is 11.5. The fourth-order valence-corrected chi connectivity index (χ4v) is 2.45. The first-order chi connectivity index (χ1) is 9.57. The van der Waals surface area contributed by atoms with Crippen LogP contribution >= 0.6 is 0 Å². The van der Waals surface area contributed by atoms with Crippen LogP contribution in [0.2, 0.25) is 0 Å². The number of nitrogens with one attached hydrogen (secondary N) is 1. The lowest BCUT2D eigenvalue weighted by atomic mass is 9.68. The minimum Gasteiger partial charge on any atom is -0.478 e. The maximum Gasteiger partial charge on any atom is 0.335 e. The van der Waals surface area contributed by atoms with Crippen molar-refractivity contribution in [1.29, 1.82) is 0 Å². The molecule has 0 radical (unpaired) electrons. The van der Waals surface area contributed by atoms with E-state index in [1.165, 1.54) is 12.1 Å². The van der Waals surface area contributed by atoms with E-state index in [2.05, 4.69) is 5.32 Å². The van der Waals surface area contributed by atoms with E-state index in [0.29, 0.717) is 13.2 Å². The van der Waals surface area contributed by atoms with Gasteiger partial charge in [0.15, 0.2) is 0 Å². The third-order valence-electron chi connectivity index (χ3n) is 3.87. The van der Waals surface area contributed by atoms with Gasteiger partial charge in [0.05, 0.1) is 17.6 Å². The Labute approximate surface area is 117 Å². The summed E-state index contributed by atoms with van der Waals surface area (Å²) >= 11 is 0. The molecule has 1 fully saturated rings. The van der Waals surface area contributed by atoms with Gasteiger partial charge in [-0.1, -0.05) is 18.6 Å². The fourth-order valence-electron chi connectivity index (χ4n) is 2.45. The second-order valence-electron chi connectivity index (χ2n) is 5.25. The number of carboxylic acids is 1. The van der Waals surface area contributed by atoms with Gasteiger partial charge in [-0.15, -0.1) is 0 Å². The molecular weight excluding hydrogens is 258 g/mol. The standard InChI is InChI=1S/C15H19NO4/c1-20-10-15(7-2-8-15)14(19)16-9-11-3-5-12(6-4-11)13(17)18/h3-6H,2,7-10H2,1H3,(H,16,19)(H,17,18). The van der Waals surface area contributed by atoms with Crippen LogP contribution in [0, 0.1) is 5.41 Å². The fraction of sp³-hybridized carbons (Fsp3) is 0.467. The van der Waals surface area contributed by atoms with Gasteiger partial charge >= 0.3 is 5.97 Å². The van der Waals surface area contributed by atoms with Crippen LogP contribution in [0.25, 0.3) is 0 Å². The molecule has 1 aromatic carbocycles. The summed E-state index contributed by atoms with van der Waals surface area (Å²) in [6, 6.07) is 6.51. The number of amides is 1. The molecule has 1 saturated carbocycles. The Balaban J connectivity index is 1.91. The number of carboxylic acid groups (broad SMARTS) is 1. The van der Waals surface area contributed by atoms with Crippen molar-refractivity contribution in [3.05, 3.63) is 35.4 Å². The normalized spacial score (nSPS) is 16.2. The van der Waals surface area contributed by atoms with Gasteiger partial charge in [-0.25, -0.2) is 4.79 Å². The highest BCUT2D eigenvalue weighted by molar-refractivity contribution is 5.87. The van der Waals surface area contributed by atoms with Crippen molar-refractivity contribution in [3.63, 3.8) is 0 Å². The summed E-state index contributed by atoms with van der Waals surface area (Å²) in [5.74, 6) is -0.929. The molecule has 108 valence electrons. The number of carbonyl (C=O) groups excluding carboxylic acids is 1. The molecule has 0 bridgehead atoms. The maximum atomic E-state index is 12.2. The Morgan fingerprint density at radius 3 is 2.40 bits per heavy atom. The molecule has 0 aliphatic heterocycles. The smallest absolute Gasteiger partial charge is 0.335 e. The van der Waals surface area contributed by atoms with Crippen LogP contribution in [0.4, 0.5) is 0 Å². The molecule has 0 unspecified atom stereocenters. The molecule has 2 rings (SSSR count). The Morgan fingerprint density at radius 1 is 1.30 bits per heavy atom. The molecule has 1 aliphatic carbocycles. The first-order valence-electron chi connectivity index (χ1n) is 6.67. The van der Waals surface area contributed by atoms with Crippen LogP contribution in [0.15, 0.2) is 24.3 Å². The van der Waals surface area contributed by atoms with Crippen LogP contribution in [0.3, 0.4) is 0 Å². The van der Waals surface area contributed by atoms with Crippen molar-refractivity contribution in [2.24, 2.45) is 5.41 Å². The second kappa shape index (κ2) is 6.05. The van der Waals surface area contributed by atoms with E-state index < -0.39 is 5.97 Å². The van der Waals surface area contributed by atoms with E-state index in [0.717, 1.165) is 24.8 Å². The van der Waals surface area contributed by atoms with Crippen molar-refractivity contribution in [2.75, 3.05) is 13.7 Å². The van der Waals surface area contributed by atoms with E-state index in [1.54, 1.807) is 19.2 Å². The second-order valence-corrected chi connectivity index (χ2v) is 5.25. The summed E-state index contributed by atoms with van der Waals surface area (Å²) in [4.78, 5) is 22.9. The van der Waals surface area contributed by atoms with Gasteiger partial charge in [0.1, 0.15) is 0 Å². The summed E-state index contributed by atoms with van der Waals surface area (Å²) in [5.41, 5.74) is 0.764. The highest BCUT2D eigenvalue weighted by atomic mass is 16.5. The van der Waals surface area contributed by atoms with Crippen molar-refractivity contribution < 1.29 is 19.4 Å². The van der Waals surface area contributed by atoms with E-state index in [1.807, 2.05) is 0 Å². The number of hydrogen-bond donors (Lipinski definition) is 2. The monoisotopic (exact) mass is 277 g/mol. The largest absolute Gasteiger partial charge is 0.478 e. The van der Waals surface area contributed by atoms with Crippen molar-refractivity contribution >= 4 is 11.9 Å². The quantitative estimate of drug-likeness (QED) is 0.831. The van der Waals surface area contributed by atoms with Gasteiger partial charge in [0.2, 0.25) is 5.91 Å². The predicted octanol–water partition coefficient (Wildman–Crippen LogP) is 1.82. The summed E-state index contributed by atoms with van der Waals surface area (Å²) in [5, 5.41) is 11.7. The Bertz CT molecular complexity index is 491. The zero-order chi connectivity index (χ0) is 14.6. The van der Waals surface area contributed by atoms with E-state index in [9.17, 15) is 9.59 Å². The van der Waals surface area contributed by atoms with E-state index in [4.69, 9.17) is 9.84 Å². The molecule has 5 heteroatoms. The summed E-state index contributed by atoms with van der Waals surface area (Å²) < 4.78 is 5.14. The molecule has 0 saturated heterocycles. The van der Waals surface area contributed by atoms with Gasteiger partial charge in [-0.05, 0) is 30.5 Å². The van der Waals surface area contributed by atoms with Crippen LogP contribution in [-0.4, -0.2) is 30.7 Å². The molecule has 20 heavy (non-hydrogen) atoms. The van der Waals surface area contributed by atoms with Crippen LogP contribution in [0.5, 0.6) is 0 Å². The summed E-state index contributed by atoms with van der Waals surface area (Å²) in [6.45, 7) is 0.862.